The van der Waals surface area contributed by atoms with Gasteiger partial charge in [-0.3, -0.25) is 0 Å². The molecule has 2 fully saturated rings. The number of ether oxygens (including phenoxy) is 1. The van der Waals surface area contributed by atoms with Gasteiger partial charge >= 0.3 is 6.18 Å². The Hall–Kier alpha value is -1.14. The van der Waals surface area contributed by atoms with Crippen LogP contribution >= 0.6 is 0 Å². The molecule has 0 bridgehead atoms. The fraction of sp³-hybridized carbons (Fsp3) is 0.636. The third-order valence-corrected chi connectivity index (χ3v) is 5.45. The first-order chi connectivity index (χ1) is 10.1. The van der Waals surface area contributed by atoms with Gasteiger partial charge in [0, 0.05) is 13.1 Å². The molecule has 0 amide bonds. The summed E-state index contributed by atoms with van der Waals surface area (Å²) in [6.07, 6.45) is -7.15. The van der Waals surface area contributed by atoms with E-state index in [9.17, 15) is 31.8 Å². The van der Waals surface area contributed by atoms with Gasteiger partial charge in [-0.2, -0.15) is 17.5 Å². The molecule has 1 aromatic heterocycles. The Morgan fingerprint density at radius 2 is 1.91 bits per heavy atom. The van der Waals surface area contributed by atoms with Crippen molar-refractivity contribution in [1.82, 2.24) is 4.31 Å². The van der Waals surface area contributed by atoms with Gasteiger partial charge in [-0.05, 0) is 12.1 Å². The van der Waals surface area contributed by atoms with Gasteiger partial charge in [0.2, 0.25) is 10.9 Å². The molecule has 1 spiro atoms. The summed E-state index contributed by atoms with van der Waals surface area (Å²) in [6.45, 7) is -0.667. The maximum absolute atomic E-state index is 12.4. The zero-order chi connectivity index (χ0) is 16.3. The fourth-order valence-corrected chi connectivity index (χ4v) is 3.98. The Morgan fingerprint density at radius 3 is 2.36 bits per heavy atom. The van der Waals surface area contributed by atoms with Crippen LogP contribution < -0.4 is 0 Å². The molecule has 2 N–H and O–H groups in total. The summed E-state index contributed by atoms with van der Waals surface area (Å²) in [4.78, 5) is 0. The van der Waals surface area contributed by atoms with E-state index in [-0.39, 0.29) is 19.7 Å². The van der Waals surface area contributed by atoms with Crippen LogP contribution in [0, 0.1) is 0 Å². The number of aliphatic hydroxyl groups excluding tert-OH is 2. The van der Waals surface area contributed by atoms with E-state index < -0.39 is 44.9 Å². The summed E-state index contributed by atoms with van der Waals surface area (Å²) in [5, 5.41) is 18.3. The highest BCUT2D eigenvalue weighted by Crippen LogP contribution is 2.39. The molecule has 2 saturated heterocycles. The lowest BCUT2D eigenvalue weighted by molar-refractivity contribution is -0.154. The van der Waals surface area contributed by atoms with Gasteiger partial charge in [-0.1, -0.05) is 0 Å². The molecular weight excluding hydrogens is 331 g/mol. The number of alkyl halides is 3. The number of furan rings is 1. The van der Waals surface area contributed by atoms with Gasteiger partial charge in [-0.15, -0.1) is 0 Å². The molecule has 0 aromatic carbocycles. The van der Waals surface area contributed by atoms with E-state index in [2.05, 4.69) is 4.42 Å². The minimum Gasteiger partial charge on any atom is -0.439 e. The lowest BCUT2D eigenvalue weighted by atomic mass is 9.90. The van der Waals surface area contributed by atoms with Crippen LogP contribution in [0.4, 0.5) is 13.2 Å². The summed E-state index contributed by atoms with van der Waals surface area (Å²) in [5.41, 5.74) is -1.22. The minimum atomic E-state index is -4.78. The molecule has 0 radical (unpaired) electrons. The molecule has 0 unspecified atom stereocenters. The number of sulfonamides is 1. The second-order valence-corrected chi connectivity index (χ2v) is 7.15. The predicted molar refractivity (Wildman–Crippen MR) is 63.2 cm³/mol. The zero-order valence-electron chi connectivity index (χ0n) is 10.9. The maximum atomic E-state index is 12.4. The highest BCUT2D eigenvalue weighted by Gasteiger charge is 2.59. The number of aliphatic hydroxyl groups is 2. The first-order valence-electron chi connectivity index (χ1n) is 6.23. The van der Waals surface area contributed by atoms with Gasteiger partial charge in [0.1, 0.15) is 17.8 Å². The van der Waals surface area contributed by atoms with Crippen molar-refractivity contribution in [2.45, 2.75) is 29.1 Å². The van der Waals surface area contributed by atoms with Crippen LogP contribution in [0.1, 0.15) is 5.76 Å². The Morgan fingerprint density at radius 1 is 1.27 bits per heavy atom. The van der Waals surface area contributed by atoms with Crippen LogP contribution in [-0.2, 0) is 20.9 Å². The number of nitrogens with zero attached hydrogens (tertiary/aromatic N) is 1. The van der Waals surface area contributed by atoms with Gasteiger partial charge in [0.25, 0.3) is 10.0 Å². The molecule has 0 aliphatic carbocycles. The summed E-state index contributed by atoms with van der Waals surface area (Å²) in [7, 11) is -4.25. The zero-order valence-corrected chi connectivity index (χ0v) is 11.8. The van der Waals surface area contributed by atoms with Crippen LogP contribution in [0.5, 0.6) is 0 Å². The van der Waals surface area contributed by atoms with E-state index in [4.69, 9.17) is 4.74 Å². The number of rotatable bonds is 2. The third kappa shape index (κ3) is 2.24. The Labute approximate surface area is 122 Å². The van der Waals surface area contributed by atoms with Crippen molar-refractivity contribution in [3.63, 3.8) is 0 Å². The second-order valence-electron chi connectivity index (χ2n) is 5.28. The Balaban J connectivity index is 1.77. The van der Waals surface area contributed by atoms with Crippen molar-refractivity contribution in [3.05, 3.63) is 17.9 Å². The van der Waals surface area contributed by atoms with Crippen LogP contribution in [0.2, 0.25) is 0 Å². The molecule has 3 heterocycles. The van der Waals surface area contributed by atoms with Crippen molar-refractivity contribution in [1.29, 1.82) is 0 Å². The molecule has 22 heavy (non-hydrogen) atoms. The summed E-state index contributed by atoms with van der Waals surface area (Å²) in [6, 6.07) is 1.26. The van der Waals surface area contributed by atoms with E-state index >= 15 is 0 Å². The van der Waals surface area contributed by atoms with Crippen molar-refractivity contribution in [2.24, 2.45) is 0 Å². The highest BCUT2D eigenvalue weighted by molar-refractivity contribution is 7.89. The number of hydrogen-bond donors (Lipinski definition) is 2. The van der Waals surface area contributed by atoms with E-state index in [1.54, 1.807) is 0 Å². The quantitative estimate of drug-likeness (QED) is 0.771. The molecule has 2 aliphatic heterocycles. The maximum Gasteiger partial charge on any atom is 0.449 e. The van der Waals surface area contributed by atoms with Gasteiger partial charge in [0.05, 0.1) is 6.61 Å². The second kappa shape index (κ2) is 4.68. The molecule has 0 saturated carbocycles. The third-order valence-electron chi connectivity index (χ3n) is 3.79. The van der Waals surface area contributed by atoms with Crippen molar-refractivity contribution in [3.8, 4) is 0 Å². The van der Waals surface area contributed by atoms with Crippen LogP contribution in [-0.4, -0.2) is 60.4 Å². The number of hydrogen-bond acceptors (Lipinski definition) is 6. The van der Waals surface area contributed by atoms with Crippen molar-refractivity contribution < 1.29 is 41.0 Å². The lowest BCUT2D eigenvalue weighted by Gasteiger charge is -2.47. The van der Waals surface area contributed by atoms with Crippen LogP contribution in [0.25, 0.3) is 0 Å². The normalized spacial score (nSPS) is 29.0. The van der Waals surface area contributed by atoms with E-state index in [1.807, 2.05) is 0 Å². The van der Waals surface area contributed by atoms with Crippen molar-refractivity contribution >= 4 is 10.0 Å². The van der Waals surface area contributed by atoms with Crippen molar-refractivity contribution in [2.75, 3.05) is 19.7 Å². The molecule has 1 aromatic rings. The molecule has 3 rings (SSSR count). The van der Waals surface area contributed by atoms with Gasteiger partial charge < -0.3 is 19.4 Å². The average Bonchev–Trinajstić information content (AvgIpc) is 2.94. The monoisotopic (exact) mass is 343 g/mol. The predicted octanol–water partition coefficient (Wildman–Crippen LogP) is -0.206. The highest BCUT2D eigenvalue weighted by atomic mass is 32.2. The van der Waals surface area contributed by atoms with E-state index in [1.165, 1.54) is 0 Å². The standard InChI is InChI=1S/C11H12F3NO6S/c12-11(13,14)7-1-2-8(21-7)22(18,19)15-4-10(5-15)9(17)6(16)3-20-10/h1-2,6,9,16-17H,3-5H2/t6-,9-/m1/s1. The average molecular weight is 343 g/mol. The topological polar surface area (TPSA) is 100 Å². The first-order valence-corrected chi connectivity index (χ1v) is 7.67. The molecule has 11 heteroatoms. The molecule has 124 valence electrons. The van der Waals surface area contributed by atoms with E-state index in [0.29, 0.717) is 6.07 Å². The molecule has 7 nitrogen and oxygen atoms in total. The molecular formula is C11H12F3NO6S. The fourth-order valence-electron chi connectivity index (χ4n) is 2.52. The summed E-state index contributed by atoms with van der Waals surface area (Å²) < 4.78 is 72.0. The lowest BCUT2D eigenvalue weighted by Crippen LogP contribution is -2.68. The van der Waals surface area contributed by atoms with Crippen LogP contribution in [0.15, 0.2) is 21.6 Å². The summed E-state index contributed by atoms with van der Waals surface area (Å²) >= 11 is 0. The van der Waals surface area contributed by atoms with Crippen LogP contribution in [0.3, 0.4) is 0 Å². The smallest absolute Gasteiger partial charge is 0.439 e. The number of halogens is 3. The first kappa shape index (κ1) is 15.7. The SMILES string of the molecule is O=S(=O)(c1ccc(C(F)(F)F)o1)N1CC2(C1)OC[C@@H](O)[C@H]2O. The summed E-state index contributed by atoms with van der Waals surface area (Å²) in [5.74, 6) is -1.41. The molecule has 2 aliphatic rings. The Bertz CT molecular complexity index is 678. The van der Waals surface area contributed by atoms with Gasteiger partial charge in [0.15, 0.2) is 0 Å². The molecule has 2 atom stereocenters. The Kier molecular flexibility index (Phi) is 3.35. The largest absolute Gasteiger partial charge is 0.449 e. The van der Waals surface area contributed by atoms with E-state index in [0.717, 1.165) is 10.4 Å². The minimum absolute atomic E-state index is 0.131. The van der Waals surface area contributed by atoms with Gasteiger partial charge in [-0.25, -0.2) is 8.42 Å².